The van der Waals surface area contributed by atoms with Gasteiger partial charge in [0.1, 0.15) is 0 Å². The molecule has 0 spiro atoms. The van der Waals surface area contributed by atoms with Crippen LogP contribution in [0.3, 0.4) is 0 Å². The summed E-state index contributed by atoms with van der Waals surface area (Å²) in [5.41, 5.74) is 0.775. The summed E-state index contributed by atoms with van der Waals surface area (Å²) in [6, 6.07) is 0. The summed E-state index contributed by atoms with van der Waals surface area (Å²) in [5, 5.41) is 6.02. The van der Waals surface area contributed by atoms with E-state index in [0.717, 1.165) is 5.71 Å². The Morgan fingerprint density at radius 1 is 1.14 bits per heavy atom. The topological polar surface area (TPSA) is 32.7 Å². The molecular formula is C11H20N2O. The fraction of sp³-hybridized carbons (Fsp3) is 0.818. The molecule has 0 aromatic carbocycles. The van der Waals surface area contributed by atoms with Crippen molar-refractivity contribution in [1.82, 2.24) is 5.01 Å². The summed E-state index contributed by atoms with van der Waals surface area (Å²) in [6.45, 7) is 12.3. The molecular weight excluding hydrogens is 176 g/mol. The van der Waals surface area contributed by atoms with Crippen LogP contribution in [-0.4, -0.2) is 22.2 Å². The predicted molar refractivity (Wildman–Crippen MR) is 58.1 cm³/mol. The van der Waals surface area contributed by atoms with Crippen molar-refractivity contribution in [1.29, 1.82) is 0 Å². The molecule has 0 aromatic rings. The van der Waals surface area contributed by atoms with Gasteiger partial charge in [-0.05, 0) is 20.8 Å². The summed E-state index contributed by atoms with van der Waals surface area (Å²) >= 11 is 0. The third-order valence-corrected chi connectivity index (χ3v) is 2.28. The molecule has 0 saturated heterocycles. The van der Waals surface area contributed by atoms with Gasteiger partial charge >= 0.3 is 0 Å². The monoisotopic (exact) mass is 196 g/mol. The Balaban J connectivity index is 2.94. The summed E-state index contributed by atoms with van der Waals surface area (Å²) in [4.78, 5) is 11.7. The van der Waals surface area contributed by atoms with Crippen LogP contribution in [0.1, 0.15) is 48.0 Å². The second-order valence-corrected chi connectivity index (χ2v) is 5.85. The second-order valence-electron chi connectivity index (χ2n) is 5.85. The van der Waals surface area contributed by atoms with Gasteiger partial charge in [0.25, 0.3) is 0 Å². The minimum Gasteiger partial charge on any atom is -0.273 e. The van der Waals surface area contributed by atoms with Crippen LogP contribution in [0.5, 0.6) is 0 Å². The van der Waals surface area contributed by atoms with Crippen LogP contribution in [0, 0.1) is 5.41 Å². The van der Waals surface area contributed by atoms with Crippen molar-refractivity contribution in [3.63, 3.8) is 0 Å². The number of carbonyl (C=O) groups is 1. The van der Waals surface area contributed by atoms with E-state index >= 15 is 0 Å². The molecule has 0 atom stereocenters. The first kappa shape index (κ1) is 11.2. The van der Waals surface area contributed by atoms with Crippen LogP contribution in [0.25, 0.3) is 0 Å². The zero-order valence-corrected chi connectivity index (χ0v) is 10.0. The lowest BCUT2D eigenvalue weighted by molar-refractivity contribution is -0.133. The molecule has 1 aliphatic rings. The standard InChI is InChI=1S/C11H20N2O/c1-10(2,3)8-7-9(14)13(12-8)11(4,5)6/h7H2,1-6H3. The molecule has 14 heavy (non-hydrogen) atoms. The maximum atomic E-state index is 11.7. The highest BCUT2D eigenvalue weighted by atomic mass is 16.2. The Labute approximate surface area is 86.2 Å². The first-order valence-corrected chi connectivity index (χ1v) is 5.03. The molecule has 0 aliphatic carbocycles. The van der Waals surface area contributed by atoms with Gasteiger partial charge in [-0.3, -0.25) is 4.79 Å². The fourth-order valence-corrected chi connectivity index (χ4v) is 1.37. The molecule has 0 saturated carbocycles. The number of hydrogen-bond acceptors (Lipinski definition) is 2. The Kier molecular flexibility index (Phi) is 2.46. The molecule has 80 valence electrons. The van der Waals surface area contributed by atoms with Gasteiger partial charge in [0, 0.05) is 5.41 Å². The minimum atomic E-state index is -0.204. The van der Waals surface area contributed by atoms with Crippen LogP contribution in [-0.2, 0) is 4.79 Å². The molecule has 0 bridgehead atoms. The Bertz CT molecular complexity index is 279. The lowest BCUT2D eigenvalue weighted by Gasteiger charge is -2.27. The van der Waals surface area contributed by atoms with Gasteiger partial charge in [-0.25, -0.2) is 5.01 Å². The summed E-state index contributed by atoms with van der Waals surface area (Å²) in [6.07, 6.45) is 0.473. The van der Waals surface area contributed by atoms with Gasteiger partial charge in [0.15, 0.2) is 0 Å². The van der Waals surface area contributed by atoms with Gasteiger partial charge in [0.05, 0.1) is 17.7 Å². The van der Waals surface area contributed by atoms with E-state index in [9.17, 15) is 4.79 Å². The van der Waals surface area contributed by atoms with Crippen molar-refractivity contribution < 1.29 is 4.79 Å². The van der Waals surface area contributed by atoms with Crippen LogP contribution < -0.4 is 0 Å². The van der Waals surface area contributed by atoms with Crippen LogP contribution in [0.4, 0.5) is 0 Å². The first-order chi connectivity index (χ1) is 6.12. The van der Waals surface area contributed by atoms with Gasteiger partial charge in [-0.1, -0.05) is 20.8 Å². The lowest BCUT2D eigenvalue weighted by Crippen LogP contribution is -2.38. The molecule has 0 fully saturated rings. The summed E-state index contributed by atoms with van der Waals surface area (Å²) in [7, 11) is 0. The molecule has 1 rings (SSSR count). The zero-order chi connectivity index (χ0) is 11.1. The van der Waals surface area contributed by atoms with Gasteiger partial charge in [0.2, 0.25) is 5.91 Å². The van der Waals surface area contributed by atoms with Gasteiger partial charge < -0.3 is 0 Å². The zero-order valence-electron chi connectivity index (χ0n) is 10.0. The van der Waals surface area contributed by atoms with Crippen LogP contribution in [0.15, 0.2) is 5.10 Å². The number of nitrogens with zero attached hydrogens (tertiary/aromatic N) is 2. The Hall–Kier alpha value is -0.860. The third-order valence-electron chi connectivity index (χ3n) is 2.28. The molecule has 1 aliphatic heterocycles. The molecule has 3 heteroatoms. The minimum absolute atomic E-state index is 0.00431. The SMILES string of the molecule is CC(C)(C)C1=NN(C(C)(C)C)C(=O)C1. The average molecular weight is 196 g/mol. The number of rotatable bonds is 0. The second kappa shape index (κ2) is 3.07. The molecule has 3 nitrogen and oxygen atoms in total. The van der Waals surface area contributed by atoms with Gasteiger partial charge in [-0.2, -0.15) is 5.10 Å². The summed E-state index contributed by atoms with van der Waals surface area (Å²) in [5.74, 6) is 0.113. The maximum Gasteiger partial charge on any atom is 0.248 e. The molecule has 0 aromatic heterocycles. The van der Waals surface area contributed by atoms with Crippen molar-refractivity contribution in [2.45, 2.75) is 53.5 Å². The van der Waals surface area contributed by atoms with E-state index in [-0.39, 0.29) is 16.9 Å². The van der Waals surface area contributed by atoms with Crippen molar-refractivity contribution in [2.24, 2.45) is 10.5 Å². The predicted octanol–water partition coefficient (Wildman–Crippen LogP) is 2.42. The Morgan fingerprint density at radius 3 is 1.86 bits per heavy atom. The largest absolute Gasteiger partial charge is 0.273 e. The van der Waals surface area contributed by atoms with Crippen molar-refractivity contribution in [2.75, 3.05) is 0 Å². The van der Waals surface area contributed by atoms with E-state index in [4.69, 9.17) is 0 Å². The number of amides is 1. The average Bonchev–Trinajstić information content (AvgIpc) is 2.27. The normalized spacial score (nSPS) is 18.9. The van der Waals surface area contributed by atoms with Crippen molar-refractivity contribution >= 4 is 11.6 Å². The lowest BCUT2D eigenvalue weighted by atomic mass is 9.88. The quantitative estimate of drug-likeness (QED) is 0.585. The smallest absolute Gasteiger partial charge is 0.248 e. The van der Waals surface area contributed by atoms with E-state index in [1.165, 1.54) is 0 Å². The highest BCUT2D eigenvalue weighted by molar-refractivity contribution is 6.07. The van der Waals surface area contributed by atoms with E-state index < -0.39 is 0 Å². The fourth-order valence-electron chi connectivity index (χ4n) is 1.37. The van der Waals surface area contributed by atoms with E-state index in [1.54, 1.807) is 5.01 Å². The van der Waals surface area contributed by atoms with Crippen molar-refractivity contribution in [3.8, 4) is 0 Å². The van der Waals surface area contributed by atoms with Gasteiger partial charge in [-0.15, -0.1) is 0 Å². The molecule has 0 unspecified atom stereocenters. The van der Waals surface area contributed by atoms with E-state index in [0.29, 0.717) is 6.42 Å². The third kappa shape index (κ3) is 2.14. The molecule has 0 radical (unpaired) electrons. The van der Waals surface area contributed by atoms with Crippen molar-refractivity contribution in [3.05, 3.63) is 0 Å². The Morgan fingerprint density at radius 2 is 1.64 bits per heavy atom. The summed E-state index contributed by atoms with van der Waals surface area (Å²) < 4.78 is 0. The number of hydrazone groups is 1. The van der Waals surface area contributed by atoms with E-state index in [1.807, 2.05) is 20.8 Å². The molecule has 1 heterocycles. The molecule has 1 amide bonds. The maximum absolute atomic E-state index is 11.7. The molecule has 0 N–H and O–H groups in total. The highest BCUT2D eigenvalue weighted by Gasteiger charge is 2.36. The van der Waals surface area contributed by atoms with E-state index in [2.05, 4.69) is 25.9 Å². The van der Waals surface area contributed by atoms with Crippen LogP contribution >= 0.6 is 0 Å². The number of hydrogen-bond donors (Lipinski definition) is 0. The number of carbonyl (C=O) groups excluding carboxylic acids is 1. The van der Waals surface area contributed by atoms with Crippen LogP contribution in [0.2, 0.25) is 0 Å². The highest BCUT2D eigenvalue weighted by Crippen LogP contribution is 2.28. The first-order valence-electron chi connectivity index (χ1n) is 5.03.